The molecular formula is C17H22N2O. The first-order valence-corrected chi connectivity index (χ1v) is 7.90. The number of anilines is 1. The monoisotopic (exact) mass is 270 g/mol. The van der Waals surface area contributed by atoms with E-state index in [2.05, 4.69) is 18.2 Å². The maximum atomic E-state index is 13.0. The van der Waals surface area contributed by atoms with Gasteiger partial charge in [-0.05, 0) is 55.6 Å². The second-order valence-corrected chi connectivity index (χ2v) is 6.66. The van der Waals surface area contributed by atoms with Gasteiger partial charge in [-0.3, -0.25) is 4.79 Å². The quantitative estimate of drug-likeness (QED) is 0.851. The molecule has 0 saturated heterocycles. The summed E-state index contributed by atoms with van der Waals surface area (Å²) in [6, 6.07) is 8.43. The number of hydrogen-bond acceptors (Lipinski definition) is 2. The summed E-state index contributed by atoms with van der Waals surface area (Å²) in [4.78, 5) is 15.0. The van der Waals surface area contributed by atoms with Crippen molar-refractivity contribution in [1.82, 2.24) is 0 Å². The molecule has 3 heteroatoms. The lowest BCUT2D eigenvalue weighted by atomic mass is 9.83. The second-order valence-electron chi connectivity index (χ2n) is 6.66. The molecule has 1 aromatic rings. The van der Waals surface area contributed by atoms with Crippen LogP contribution in [0, 0.1) is 17.8 Å². The summed E-state index contributed by atoms with van der Waals surface area (Å²) >= 11 is 0. The normalized spacial score (nSPS) is 35.1. The molecule has 4 unspecified atom stereocenters. The zero-order chi connectivity index (χ0) is 13.7. The van der Waals surface area contributed by atoms with Crippen molar-refractivity contribution in [2.75, 3.05) is 11.4 Å². The number of nitrogens with two attached hydrogens (primary N) is 1. The van der Waals surface area contributed by atoms with Gasteiger partial charge in [0.1, 0.15) is 0 Å². The van der Waals surface area contributed by atoms with Gasteiger partial charge in [0.2, 0.25) is 5.91 Å². The first-order valence-electron chi connectivity index (χ1n) is 7.90. The van der Waals surface area contributed by atoms with Crippen LogP contribution in [0.3, 0.4) is 0 Å². The number of para-hydroxylation sites is 1. The number of fused-ring (bicyclic) bond motifs is 3. The molecule has 2 saturated carbocycles. The van der Waals surface area contributed by atoms with Gasteiger partial charge in [0, 0.05) is 18.3 Å². The third kappa shape index (κ3) is 1.72. The summed E-state index contributed by atoms with van der Waals surface area (Å²) < 4.78 is 0. The number of amides is 1. The predicted octanol–water partition coefficient (Wildman–Crippen LogP) is 2.34. The van der Waals surface area contributed by atoms with Crippen molar-refractivity contribution in [1.29, 1.82) is 0 Å². The SMILES string of the molecule is NC1C2CCC(C2)C1C(=O)N1CCCc2ccccc21. The van der Waals surface area contributed by atoms with Crippen LogP contribution < -0.4 is 10.6 Å². The minimum absolute atomic E-state index is 0.0694. The Labute approximate surface area is 120 Å². The summed E-state index contributed by atoms with van der Waals surface area (Å²) in [6.45, 7) is 0.858. The van der Waals surface area contributed by atoms with E-state index in [1.165, 1.54) is 24.8 Å². The average molecular weight is 270 g/mol. The highest BCUT2D eigenvalue weighted by molar-refractivity contribution is 5.97. The van der Waals surface area contributed by atoms with E-state index < -0.39 is 0 Å². The van der Waals surface area contributed by atoms with Gasteiger partial charge in [-0.15, -0.1) is 0 Å². The van der Waals surface area contributed by atoms with E-state index in [0.717, 1.165) is 25.1 Å². The van der Waals surface area contributed by atoms with E-state index in [1.807, 2.05) is 11.0 Å². The van der Waals surface area contributed by atoms with Crippen molar-refractivity contribution in [3.8, 4) is 0 Å². The van der Waals surface area contributed by atoms with Crippen molar-refractivity contribution >= 4 is 11.6 Å². The van der Waals surface area contributed by atoms with Crippen molar-refractivity contribution in [2.45, 2.75) is 38.1 Å². The molecule has 2 aliphatic carbocycles. The first-order chi connectivity index (χ1) is 9.75. The predicted molar refractivity (Wildman–Crippen MR) is 79.4 cm³/mol. The van der Waals surface area contributed by atoms with Gasteiger partial charge in [0.05, 0.1) is 5.92 Å². The van der Waals surface area contributed by atoms with E-state index in [-0.39, 0.29) is 17.9 Å². The standard InChI is InChI=1S/C17H22N2O/c18-16-13-8-7-12(10-13)15(16)17(20)19-9-3-5-11-4-1-2-6-14(11)19/h1-2,4,6,12-13,15-16H,3,5,7-10,18H2. The molecule has 1 aliphatic heterocycles. The third-order valence-electron chi connectivity index (χ3n) is 5.64. The molecule has 20 heavy (non-hydrogen) atoms. The van der Waals surface area contributed by atoms with E-state index in [0.29, 0.717) is 11.8 Å². The van der Waals surface area contributed by atoms with Crippen LogP contribution in [0.15, 0.2) is 24.3 Å². The fourth-order valence-corrected chi connectivity index (χ4v) is 4.64. The number of carbonyl (C=O) groups is 1. The third-order valence-corrected chi connectivity index (χ3v) is 5.64. The summed E-state index contributed by atoms with van der Waals surface area (Å²) in [5, 5.41) is 0. The Morgan fingerprint density at radius 3 is 2.80 bits per heavy atom. The van der Waals surface area contributed by atoms with Crippen LogP contribution in [0.2, 0.25) is 0 Å². The highest BCUT2D eigenvalue weighted by Gasteiger charge is 2.50. The Morgan fingerprint density at radius 1 is 1.20 bits per heavy atom. The number of rotatable bonds is 1. The summed E-state index contributed by atoms with van der Waals surface area (Å²) in [6.07, 6.45) is 5.76. The molecule has 2 fully saturated rings. The number of aryl methyl sites for hydroxylation is 1. The van der Waals surface area contributed by atoms with Crippen molar-refractivity contribution < 1.29 is 4.79 Å². The Bertz CT molecular complexity index is 540. The van der Waals surface area contributed by atoms with Gasteiger partial charge in [-0.2, -0.15) is 0 Å². The van der Waals surface area contributed by atoms with Crippen LogP contribution >= 0.6 is 0 Å². The maximum absolute atomic E-state index is 13.0. The molecule has 1 aromatic carbocycles. The number of carbonyl (C=O) groups excluding carboxylic acids is 1. The van der Waals surface area contributed by atoms with E-state index in [9.17, 15) is 4.79 Å². The molecule has 0 spiro atoms. The van der Waals surface area contributed by atoms with Crippen LogP contribution in [0.4, 0.5) is 5.69 Å². The number of benzene rings is 1. The largest absolute Gasteiger partial charge is 0.327 e. The van der Waals surface area contributed by atoms with Crippen LogP contribution in [-0.2, 0) is 11.2 Å². The zero-order valence-corrected chi connectivity index (χ0v) is 11.8. The van der Waals surface area contributed by atoms with Crippen LogP contribution in [0.1, 0.15) is 31.2 Å². The smallest absolute Gasteiger partial charge is 0.231 e. The van der Waals surface area contributed by atoms with E-state index >= 15 is 0 Å². The van der Waals surface area contributed by atoms with Gasteiger partial charge < -0.3 is 10.6 Å². The molecule has 4 atom stereocenters. The van der Waals surface area contributed by atoms with Gasteiger partial charge >= 0.3 is 0 Å². The maximum Gasteiger partial charge on any atom is 0.231 e. The van der Waals surface area contributed by atoms with E-state index in [1.54, 1.807) is 0 Å². The number of nitrogens with zero attached hydrogens (tertiary/aromatic N) is 1. The molecule has 2 N–H and O–H groups in total. The number of hydrogen-bond donors (Lipinski definition) is 1. The molecule has 3 nitrogen and oxygen atoms in total. The molecule has 4 rings (SSSR count). The molecule has 0 radical (unpaired) electrons. The summed E-state index contributed by atoms with van der Waals surface area (Å²) in [5.74, 6) is 1.49. The first kappa shape index (κ1) is 12.4. The lowest BCUT2D eigenvalue weighted by Crippen LogP contribution is -2.48. The summed E-state index contributed by atoms with van der Waals surface area (Å²) in [5.41, 5.74) is 8.78. The van der Waals surface area contributed by atoms with Crippen LogP contribution in [-0.4, -0.2) is 18.5 Å². The van der Waals surface area contributed by atoms with Gasteiger partial charge in [0.25, 0.3) is 0 Å². The Kier molecular flexibility index (Phi) is 2.84. The van der Waals surface area contributed by atoms with Gasteiger partial charge in [-0.1, -0.05) is 18.2 Å². The highest BCUT2D eigenvalue weighted by Crippen LogP contribution is 2.48. The Morgan fingerprint density at radius 2 is 2.00 bits per heavy atom. The zero-order valence-electron chi connectivity index (χ0n) is 11.8. The molecular weight excluding hydrogens is 248 g/mol. The topological polar surface area (TPSA) is 46.3 Å². The van der Waals surface area contributed by atoms with Gasteiger partial charge in [0.15, 0.2) is 0 Å². The molecule has 3 aliphatic rings. The minimum atomic E-state index is 0.0694. The van der Waals surface area contributed by atoms with Crippen molar-refractivity contribution in [2.24, 2.45) is 23.5 Å². The fraction of sp³-hybridized carbons (Fsp3) is 0.588. The molecule has 1 heterocycles. The lowest BCUT2D eigenvalue weighted by Gasteiger charge is -2.35. The molecule has 1 amide bonds. The average Bonchev–Trinajstić information content (AvgIpc) is 3.07. The van der Waals surface area contributed by atoms with Gasteiger partial charge in [-0.25, -0.2) is 0 Å². The highest BCUT2D eigenvalue weighted by atomic mass is 16.2. The Balaban J connectivity index is 1.64. The van der Waals surface area contributed by atoms with Crippen molar-refractivity contribution in [3.05, 3.63) is 29.8 Å². The molecule has 2 bridgehead atoms. The Hall–Kier alpha value is -1.35. The van der Waals surface area contributed by atoms with Crippen LogP contribution in [0.25, 0.3) is 0 Å². The van der Waals surface area contributed by atoms with E-state index in [4.69, 9.17) is 5.73 Å². The second kappa shape index (κ2) is 4.59. The molecule has 106 valence electrons. The fourth-order valence-electron chi connectivity index (χ4n) is 4.64. The molecule has 0 aromatic heterocycles. The van der Waals surface area contributed by atoms with Crippen LogP contribution in [0.5, 0.6) is 0 Å². The lowest BCUT2D eigenvalue weighted by molar-refractivity contribution is -0.124. The minimum Gasteiger partial charge on any atom is -0.327 e. The van der Waals surface area contributed by atoms with Crippen molar-refractivity contribution in [3.63, 3.8) is 0 Å². The summed E-state index contributed by atoms with van der Waals surface area (Å²) in [7, 11) is 0.